The lowest BCUT2D eigenvalue weighted by molar-refractivity contribution is 0.0691. The van der Waals surface area contributed by atoms with Crippen LogP contribution in [-0.4, -0.2) is 21.9 Å². The fourth-order valence-corrected chi connectivity index (χ4v) is 3.26. The summed E-state index contributed by atoms with van der Waals surface area (Å²) in [4.78, 5) is 14.7. The van der Waals surface area contributed by atoms with Crippen molar-refractivity contribution in [2.45, 2.75) is 20.0 Å². The fourth-order valence-electron chi connectivity index (χ4n) is 3.26. The highest BCUT2D eigenvalue weighted by Crippen LogP contribution is 2.18. The van der Waals surface area contributed by atoms with Gasteiger partial charge in [0.2, 0.25) is 0 Å². The van der Waals surface area contributed by atoms with Gasteiger partial charge in [0.1, 0.15) is 5.69 Å². The Bertz CT molecular complexity index is 1010. The third-order valence-corrected chi connectivity index (χ3v) is 4.60. The van der Waals surface area contributed by atoms with E-state index in [1.165, 1.54) is 5.56 Å². The molecule has 26 heavy (non-hydrogen) atoms. The van der Waals surface area contributed by atoms with Crippen LogP contribution in [0.5, 0.6) is 0 Å². The molecule has 1 aromatic heterocycles. The summed E-state index contributed by atoms with van der Waals surface area (Å²) in [6.45, 7) is 4.23. The lowest BCUT2D eigenvalue weighted by Crippen LogP contribution is -2.39. The van der Waals surface area contributed by atoms with Gasteiger partial charge in [0.15, 0.2) is 0 Å². The third-order valence-electron chi connectivity index (χ3n) is 4.60. The molecule has 0 radical (unpaired) electrons. The average Bonchev–Trinajstić information content (AvgIpc) is 3.07. The number of fused-ring (bicyclic) bond motifs is 1. The number of hydrogen-bond donors (Lipinski definition) is 0. The second-order valence-corrected chi connectivity index (χ2v) is 6.64. The van der Waals surface area contributed by atoms with Crippen molar-refractivity contribution < 1.29 is 4.79 Å². The normalized spacial score (nSPS) is 13.1. The van der Waals surface area contributed by atoms with E-state index in [1.54, 1.807) is 0 Å². The van der Waals surface area contributed by atoms with Gasteiger partial charge in [-0.1, -0.05) is 54.3 Å². The summed E-state index contributed by atoms with van der Waals surface area (Å²) in [7, 11) is 0. The lowest BCUT2D eigenvalue weighted by Gasteiger charge is -2.28. The largest absolute Gasteiger partial charge is 0.340 e. The Morgan fingerprint density at radius 1 is 0.923 bits per heavy atom. The smallest absolute Gasteiger partial charge is 0.270 e. The first-order valence-electron chi connectivity index (χ1n) is 8.81. The quantitative estimate of drug-likeness (QED) is 0.651. The van der Waals surface area contributed by atoms with Crippen molar-refractivity contribution in [3.63, 3.8) is 0 Å². The van der Waals surface area contributed by atoms with Crippen molar-refractivity contribution in [1.29, 1.82) is 0 Å². The van der Waals surface area contributed by atoms with E-state index in [0.717, 1.165) is 35.5 Å². The first-order valence-corrected chi connectivity index (χ1v) is 8.81. The van der Waals surface area contributed by atoms with E-state index in [4.69, 9.17) is 0 Å². The number of nitrogens with zero attached hydrogens (tertiary/aromatic N) is 2. The molecule has 0 atom stereocenters. The van der Waals surface area contributed by atoms with Crippen LogP contribution in [0.15, 0.2) is 66.9 Å². The van der Waals surface area contributed by atoms with Crippen LogP contribution in [0.1, 0.15) is 32.7 Å². The molecule has 1 aliphatic heterocycles. The predicted molar refractivity (Wildman–Crippen MR) is 103 cm³/mol. The number of hydrogen-bond acceptors (Lipinski definition) is 1. The Morgan fingerprint density at radius 2 is 1.73 bits per heavy atom. The molecule has 0 saturated carbocycles. The summed E-state index contributed by atoms with van der Waals surface area (Å²) in [6, 6.07) is 20.2. The molecule has 0 bridgehead atoms. The summed E-state index contributed by atoms with van der Waals surface area (Å²) in [5.74, 6) is 6.45. The molecule has 0 saturated heterocycles. The Balaban J connectivity index is 1.54. The molecule has 0 aliphatic carbocycles. The summed E-state index contributed by atoms with van der Waals surface area (Å²) < 4.78 is 2.02. The fraction of sp³-hybridized carbons (Fsp3) is 0.174. The lowest BCUT2D eigenvalue weighted by atomic mass is 10.1. The van der Waals surface area contributed by atoms with E-state index >= 15 is 0 Å². The summed E-state index contributed by atoms with van der Waals surface area (Å²) in [5, 5.41) is 0. The van der Waals surface area contributed by atoms with Gasteiger partial charge in [0.05, 0.1) is 0 Å². The highest BCUT2D eigenvalue weighted by atomic mass is 16.2. The molecular weight excluding hydrogens is 320 g/mol. The van der Waals surface area contributed by atoms with Gasteiger partial charge in [0.25, 0.3) is 5.91 Å². The molecule has 1 amide bonds. The maximum atomic E-state index is 12.8. The van der Waals surface area contributed by atoms with Gasteiger partial charge >= 0.3 is 0 Å². The molecule has 128 valence electrons. The number of aromatic nitrogens is 1. The van der Waals surface area contributed by atoms with Gasteiger partial charge in [-0.05, 0) is 36.2 Å². The molecule has 2 aromatic carbocycles. The summed E-state index contributed by atoms with van der Waals surface area (Å²) in [5.41, 5.74) is 4.95. The minimum absolute atomic E-state index is 0.0729. The zero-order chi connectivity index (χ0) is 17.9. The van der Waals surface area contributed by atoms with Crippen LogP contribution in [0.3, 0.4) is 0 Å². The van der Waals surface area contributed by atoms with Crippen LogP contribution in [0.25, 0.3) is 0 Å². The van der Waals surface area contributed by atoms with Crippen LogP contribution in [-0.2, 0) is 13.1 Å². The number of amides is 1. The topological polar surface area (TPSA) is 25.2 Å². The van der Waals surface area contributed by atoms with Gasteiger partial charge in [-0.25, -0.2) is 0 Å². The Labute approximate surface area is 153 Å². The minimum atomic E-state index is 0.0729. The van der Waals surface area contributed by atoms with E-state index < -0.39 is 0 Å². The zero-order valence-corrected chi connectivity index (χ0v) is 14.8. The molecule has 0 N–H and O–H groups in total. The van der Waals surface area contributed by atoms with Crippen LogP contribution < -0.4 is 0 Å². The number of aryl methyl sites for hydroxylation is 1. The van der Waals surface area contributed by atoms with Gasteiger partial charge in [-0.15, -0.1) is 0 Å². The number of benzene rings is 2. The molecule has 0 fully saturated rings. The molecule has 3 aromatic rings. The molecule has 0 spiro atoms. The second kappa shape index (κ2) is 6.93. The van der Waals surface area contributed by atoms with Gasteiger partial charge in [-0.3, -0.25) is 4.79 Å². The Kier molecular flexibility index (Phi) is 4.33. The standard InChI is InChI=1S/C23H20N2O/c1-18-6-5-9-19(14-18)10-11-21-15-22-23(26)25(13-12-24(22)17-21)16-20-7-3-2-4-8-20/h2-9,14-15,17H,12-13,16H2,1H3. The van der Waals surface area contributed by atoms with Crippen LogP contribution >= 0.6 is 0 Å². The van der Waals surface area contributed by atoms with Crippen molar-refractivity contribution in [2.24, 2.45) is 0 Å². The first-order chi connectivity index (χ1) is 12.7. The average molecular weight is 340 g/mol. The maximum absolute atomic E-state index is 12.8. The molecule has 4 rings (SSSR count). The summed E-state index contributed by atoms with van der Waals surface area (Å²) >= 11 is 0. The van der Waals surface area contributed by atoms with E-state index in [9.17, 15) is 4.79 Å². The number of carbonyl (C=O) groups excluding carboxylic acids is 1. The van der Waals surface area contributed by atoms with Gasteiger partial charge < -0.3 is 9.47 Å². The monoisotopic (exact) mass is 340 g/mol. The van der Waals surface area contributed by atoms with Crippen molar-refractivity contribution in [3.8, 4) is 11.8 Å². The molecular formula is C23H20N2O. The molecule has 2 heterocycles. The van der Waals surface area contributed by atoms with Crippen molar-refractivity contribution in [3.05, 3.63) is 94.8 Å². The number of carbonyl (C=O) groups is 1. The van der Waals surface area contributed by atoms with E-state index in [1.807, 2.05) is 52.1 Å². The molecule has 1 aliphatic rings. The second-order valence-electron chi connectivity index (χ2n) is 6.64. The van der Waals surface area contributed by atoms with Crippen LogP contribution in [0, 0.1) is 18.8 Å². The van der Waals surface area contributed by atoms with Crippen molar-refractivity contribution in [1.82, 2.24) is 9.47 Å². The zero-order valence-electron chi connectivity index (χ0n) is 14.8. The van der Waals surface area contributed by atoms with E-state index in [-0.39, 0.29) is 5.91 Å². The van der Waals surface area contributed by atoms with Gasteiger partial charge in [-0.2, -0.15) is 0 Å². The molecule has 3 nitrogen and oxygen atoms in total. The SMILES string of the molecule is Cc1cccc(C#Cc2cc3n(c2)CCN(Cc2ccccc2)C3=O)c1. The number of rotatable bonds is 2. The molecule has 3 heteroatoms. The van der Waals surface area contributed by atoms with E-state index in [2.05, 4.69) is 43.0 Å². The van der Waals surface area contributed by atoms with Gasteiger partial charge in [0, 0.05) is 37.0 Å². The highest BCUT2D eigenvalue weighted by Gasteiger charge is 2.24. The third kappa shape index (κ3) is 3.41. The molecule has 0 unspecified atom stereocenters. The van der Waals surface area contributed by atoms with E-state index in [0.29, 0.717) is 6.54 Å². The Hall–Kier alpha value is -3.25. The maximum Gasteiger partial charge on any atom is 0.270 e. The minimum Gasteiger partial charge on any atom is -0.340 e. The van der Waals surface area contributed by atoms with Crippen molar-refractivity contribution >= 4 is 5.91 Å². The van der Waals surface area contributed by atoms with Crippen molar-refractivity contribution in [2.75, 3.05) is 6.54 Å². The Morgan fingerprint density at radius 3 is 2.54 bits per heavy atom. The summed E-state index contributed by atoms with van der Waals surface area (Å²) in [6.07, 6.45) is 1.98. The highest BCUT2D eigenvalue weighted by molar-refractivity contribution is 5.94. The van der Waals surface area contributed by atoms with Crippen LogP contribution in [0.2, 0.25) is 0 Å². The predicted octanol–water partition coefficient (Wildman–Crippen LogP) is 3.85. The van der Waals surface area contributed by atoms with Crippen LogP contribution in [0.4, 0.5) is 0 Å². The first kappa shape index (κ1) is 16.2.